The fraction of sp³-hybridized carbons (Fsp3) is 0. The van der Waals surface area contributed by atoms with Gasteiger partial charge in [0.25, 0.3) is 11.6 Å². The Bertz CT molecular complexity index is 690. The van der Waals surface area contributed by atoms with Crippen molar-refractivity contribution in [2.24, 2.45) is 0 Å². The van der Waals surface area contributed by atoms with Crippen LogP contribution < -0.4 is 11.1 Å². The Morgan fingerprint density at radius 3 is 2.75 bits per heavy atom. The maximum absolute atomic E-state index is 13.3. The molecule has 20 heavy (non-hydrogen) atoms. The number of aromatic nitrogens is 1. The number of nitrogen functional groups attached to an aromatic ring is 1. The molecule has 2 aromatic rings. The molecule has 1 heterocycles. The summed E-state index contributed by atoms with van der Waals surface area (Å²) in [5.41, 5.74) is 5.09. The first-order valence-electron chi connectivity index (χ1n) is 5.44. The normalized spacial score (nSPS) is 10.1. The summed E-state index contributed by atoms with van der Waals surface area (Å²) in [6, 6.07) is 4.81. The summed E-state index contributed by atoms with van der Waals surface area (Å²) in [7, 11) is 0. The van der Waals surface area contributed by atoms with Crippen LogP contribution in [0.25, 0.3) is 0 Å². The van der Waals surface area contributed by atoms with E-state index in [0.29, 0.717) is 0 Å². The Balaban J connectivity index is 2.24. The van der Waals surface area contributed by atoms with Gasteiger partial charge in [0.1, 0.15) is 5.69 Å². The van der Waals surface area contributed by atoms with E-state index in [1.807, 2.05) is 0 Å². The number of nitrogens with one attached hydrogen (secondary N) is 1. The summed E-state index contributed by atoms with van der Waals surface area (Å²) < 4.78 is 13.3. The molecule has 0 saturated carbocycles. The molecule has 0 radical (unpaired) electrons. The lowest BCUT2D eigenvalue weighted by atomic mass is 10.1. The van der Waals surface area contributed by atoms with Crippen molar-refractivity contribution in [3.63, 3.8) is 0 Å². The number of nitrogens with two attached hydrogens (primary N) is 1. The largest absolute Gasteiger partial charge is 0.393 e. The van der Waals surface area contributed by atoms with E-state index < -0.39 is 16.6 Å². The number of nitro benzene ring substituents is 1. The first kappa shape index (κ1) is 13.4. The molecular weight excluding hydrogens is 267 g/mol. The number of pyridine rings is 1. The monoisotopic (exact) mass is 276 g/mol. The molecule has 3 N–H and O–H groups in total. The maximum atomic E-state index is 13.3. The van der Waals surface area contributed by atoms with Gasteiger partial charge < -0.3 is 11.1 Å². The molecule has 0 saturated heterocycles. The minimum Gasteiger partial charge on any atom is -0.393 e. The number of hydrogen-bond acceptors (Lipinski definition) is 5. The lowest BCUT2D eigenvalue weighted by Crippen LogP contribution is -2.13. The molecule has 0 fully saturated rings. The molecule has 8 heteroatoms. The van der Waals surface area contributed by atoms with Crippen LogP contribution in [0, 0.1) is 15.9 Å². The Hall–Kier alpha value is -3.03. The Morgan fingerprint density at radius 2 is 2.15 bits per heavy atom. The zero-order chi connectivity index (χ0) is 14.7. The van der Waals surface area contributed by atoms with E-state index in [-0.39, 0.29) is 22.6 Å². The molecule has 2 rings (SSSR count). The van der Waals surface area contributed by atoms with Gasteiger partial charge in [0.15, 0.2) is 5.82 Å². The maximum Gasteiger partial charge on any atom is 0.292 e. The first-order chi connectivity index (χ1) is 9.49. The standard InChI is InChI=1S/C12H9FN4O3/c13-8-6-15-4-3-10(8)16-12(18)7-1-2-11(17(19)20)9(14)5-7/h1-6H,14H2,(H,15,16,18). The van der Waals surface area contributed by atoms with Crippen molar-refractivity contribution in [2.75, 3.05) is 11.1 Å². The zero-order valence-corrected chi connectivity index (χ0v) is 10.0. The Morgan fingerprint density at radius 1 is 1.40 bits per heavy atom. The number of amides is 1. The molecule has 1 aromatic carbocycles. The molecule has 0 aliphatic carbocycles. The number of nitro groups is 1. The average molecular weight is 276 g/mol. The van der Waals surface area contributed by atoms with Crippen LogP contribution in [0.4, 0.5) is 21.5 Å². The van der Waals surface area contributed by atoms with Crippen molar-refractivity contribution >= 4 is 23.0 Å². The van der Waals surface area contributed by atoms with Gasteiger partial charge in [-0.3, -0.25) is 19.9 Å². The SMILES string of the molecule is Nc1cc(C(=O)Nc2ccncc2F)ccc1[N+](=O)[O-]. The van der Waals surface area contributed by atoms with Crippen molar-refractivity contribution in [3.8, 4) is 0 Å². The van der Waals surface area contributed by atoms with Gasteiger partial charge in [-0.25, -0.2) is 4.39 Å². The topological polar surface area (TPSA) is 111 Å². The first-order valence-corrected chi connectivity index (χ1v) is 5.44. The van der Waals surface area contributed by atoms with Crippen molar-refractivity contribution in [1.82, 2.24) is 4.98 Å². The quantitative estimate of drug-likeness (QED) is 0.505. The van der Waals surface area contributed by atoms with Crippen LogP contribution in [-0.4, -0.2) is 15.8 Å². The number of anilines is 2. The van der Waals surface area contributed by atoms with Crippen LogP contribution in [0.5, 0.6) is 0 Å². The highest BCUT2D eigenvalue weighted by Crippen LogP contribution is 2.22. The minimum atomic E-state index is -0.685. The van der Waals surface area contributed by atoms with Crippen LogP contribution in [0.1, 0.15) is 10.4 Å². The molecule has 0 unspecified atom stereocenters. The van der Waals surface area contributed by atoms with Gasteiger partial charge in [-0.15, -0.1) is 0 Å². The lowest BCUT2D eigenvalue weighted by Gasteiger charge is -2.06. The summed E-state index contributed by atoms with van der Waals surface area (Å²) in [5.74, 6) is -1.31. The fourth-order valence-corrected chi connectivity index (χ4v) is 1.53. The number of carbonyl (C=O) groups is 1. The predicted molar refractivity (Wildman–Crippen MR) is 69.7 cm³/mol. The van der Waals surface area contributed by atoms with Gasteiger partial charge in [-0.1, -0.05) is 0 Å². The van der Waals surface area contributed by atoms with Crippen molar-refractivity contribution in [2.45, 2.75) is 0 Å². The van der Waals surface area contributed by atoms with E-state index in [1.165, 1.54) is 18.3 Å². The highest BCUT2D eigenvalue weighted by molar-refractivity contribution is 6.05. The molecule has 0 atom stereocenters. The van der Waals surface area contributed by atoms with Crippen molar-refractivity contribution < 1.29 is 14.1 Å². The number of carbonyl (C=O) groups excluding carboxylic acids is 1. The van der Waals surface area contributed by atoms with Crippen molar-refractivity contribution in [1.29, 1.82) is 0 Å². The second kappa shape index (κ2) is 5.31. The summed E-state index contributed by atoms with van der Waals surface area (Å²) >= 11 is 0. The van der Waals surface area contributed by atoms with Crippen LogP contribution in [0.15, 0.2) is 36.7 Å². The van der Waals surface area contributed by atoms with Gasteiger partial charge in [-0.05, 0) is 18.2 Å². The molecule has 0 aliphatic heterocycles. The molecule has 1 aromatic heterocycles. The van der Waals surface area contributed by atoms with Crippen LogP contribution in [0.3, 0.4) is 0 Å². The highest BCUT2D eigenvalue weighted by atomic mass is 19.1. The third kappa shape index (κ3) is 2.69. The van der Waals surface area contributed by atoms with Crippen LogP contribution >= 0.6 is 0 Å². The second-order valence-electron chi connectivity index (χ2n) is 3.84. The Labute approximate surface area is 112 Å². The number of halogens is 1. The van der Waals surface area contributed by atoms with E-state index in [4.69, 9.17) is 5.73 Å². The summed E-state index contributed by atoms with van der Waals surface area (Å²) in [5, 5.41) is 12.9. The van der Waals surface area contributed by atoms with Crippen LogP contribution in [-0.2, 0) is 0 Å². The van der Waals surface area contributed by atoms with Crippen molar-refractivity contribution in [3.05, 3.63) is 58.2 Å². The molecular formula is C12H9FN4O3. The fourth-order valence-electron chi connectivity index (χ4n) is 1.53. The Kier molecular flexibility index (Phi) is 3.56. The van der Waals surface area contributed by atoms with Gasteiger partial charge in [-0.2, -0.15) is 0 Å². The summed E-state index contributed by atoms with van der Waals surface area (Å²) in [6.07, 6.45) is 2.28. The molecule has 0 bridgehead atoms. The molecule has 1 amide bonds. The van der Waals surface area contributed by atoms with Gasteiger partial charge in [0.05, 0.1) is 16.8 Å². The highest BCUT2D eigenvalue weighted by Gasteiger charge is 2.15. The summed E-state index contributed by atoms with van der Waals surface area (Å²) in [4.78, 5) is 25.4. The molecule has 7 nitrogen and oxygen atoms in total. The predicted octanol–water partition coefficient (Wildman–Crippen LogP) is 1.96. The van der Waals surface area contributed by atoms with Gasteiger partial charge in [0, 0.05) is 17.8 Å². The number of rotatable bonds is 3. The number of nitrogens with zero attached hydrogens (tertiary/aromatic N) is 2. The van der Waals surface area contributed by atoms with Gasteiger partial charge in [0.2, 0.25) is 0 Å². The molecule has 0 spiro atoms. The molecule has 102 valence electrons. The number of hydrogen-bond donors (Lipinski definition) is 2. The number of benzene rings is 1. The molecule has 0 aliphatic rings. The minimum absolute atomic E-state index is 0.0399. The van der Waals surface area contributed by atoms with E-state index in [9.17, 15) is 19.3 Å². The summed E-state index contributed by atoms with van der Waals surface area (Å²) in [6.45, 7) is 0. The third-order valence-electron chi connectivity index (χ3n) is 2.51. The van der Waals surface area contributed by atoms with Crippen LogP contribution in [0.2, 0.25) is 0 Å². The van der Waals surface area contributed by atoms with E-state index in [0.717, 1.165) is 18.3 Å². The smallest absolute Gasteiger partial charge is 0.292 e. The zero-order valence-electron chi connectivity index (χ0n) is 10.0. The lowest BCUT2D eigenvalue weighted by molar-refractivity contribution is -0.383. The van der Waals surface area contributed by atoms with E-state index in [1.54, 1.807) is 0 Å². The third-order valence-corrected chi connectivity index (χ3v) is 2.51. The van der Waals surface area contributed by atoms with E-state index >= 15 is 0 Å². The average Bonchev–Trinajstić information content (AvgIpc) is 2.40. The van der Waals surface area contributed by atoms with Gasteiger partial charge >= 0.3 is 0 Å². The van der Waals surface area contributed by atoms with E-state index in [2.05, 4.69) is 10.3 Å². The second-order valence-corrected chi connectivity index (χ2v) is 3.84.